The third-order valence-electron chi connectivity index (χ3n) is 13.0. The molecule has 0 saturated carbocycles. The molecule has 0 amide bonds. The molecule has 0 nitrogen and oxygen atoms in total. The highest BCUT2D eigenvalue weighted by Gasteiger charge is 2.32. The van der Waals surface area contributed by atoms with Gasteiger partial charge < -0.3 is 0 Å². The van der Waals surface area contributed by atoms with E-state index in [1.807, 2.05) is 282 Å². The summed E-state index contributed by atoms with van der Waals surface area (Å²) in [5.41, 5.74) is 3.52. The van der Waals surface area contributed by atoms with Crippen molar-refractivity contribution in [2.24, 2.45) is 0 Å². The van der Waals surface area contributed by atoms with E-state index in [9.17, 15) is 0 Å². The summed E-state index contributed by atoms with van der Waals surface area (Å²) >= 11 is 46.9. The van der Waals surface area contributed by atoms with Gasteiger partial charge in [-0.1, -0.05) is 342 Å². The van der Waals surface area contributed by atoms with Crippen molar-refractivity contribution < 1.29 is 0 Å². The molecule has 8 heterocycles. The van der Waals surface area contributed by atoms with Gasteiger partial charge in [0.15, 0.2) is 0 Å². The number of thioether (sulfide) groups is 24. The lowest BCUT2D eigenvalue weighted by Gasteiger charge is -2.04. The molecule has 502 valence electrons. The lowest BCUT2D eigenvalue weighted by Crippen LogP contribution is -1.93. The summed E-state index contributed by atoms with van der Waals surface area (Å²) in [5, 5.41) is 9.04. The smallest absolute Gasteiger partial charge is 0.0717 e. The van der Waals surface area contributed by atoms with Crippen molar-refractivity contribution in [1.82, 2.24) is 0 Å². The number of rotatable bonds is 32. The van der Waals surface area contributed by atoms with Gasteiger partial charge in [-0.25, -0.2) is 0 Å². The number of allylic oxidation sites excluding steroid dienone is 4. The molecule has 94 heavy (non-hydrogen) atoms. The fourth-order valence-electron chi connectivity index (χ4n) is 7.73. The minimum Gasteiger partial charge on any atom is -0.117 e. The van der Waals surface area contributed by atoms with Crippen LogP contribution in [0, 0.1) is 47.4 Å². The fourth-order valence-corrected chi connectivity index (χ4v) is 41.9. The fraction of sp³-hybridized carbons (Fsp3) is 0.457. The molecule has 0 N–H and O–H groups in total. The molecule has 0 bridgehead atoms. The third kappa shape index (κ3) is 26.1. The van der Waals surface area contributed by atoms with Crippen LogP contribution in [0.15, 0.2) is 121 Å². The Hall–Kier alpha value is 2.74. The van der Waals surface area contributed by atoms with Crippen LogP contribution in [0.5, 0.6) is 0 Å². The molecular formula is C70H78S24. The Morgan fingerprint density at radius 2 is 0.394 bits per heavy atom. The largest absolute Gasteiger partial charge is 0.117 e. The van der Waals surface area contributed by atoms with Gasteiger partial charge in [-0.15, -0.1) is 94.1 Å². The number of hydrogen-bond acceptors (Lipinski definition) is 24. The standard InChI is InChI=1S/C70H78S24/c1-9-17-33-71-55-56(72-34-18-10-2)88-67(87-55)63-79-43-51(83-63)29-25-47-41-49(27-31-53-45-81-65(85-53)69-91-59(75-37-21-13-5)60(92-69)76-38-22-14-6)50(28-32-54-46-82-66(86-54)70-93-61(77-39-23-15-7)62(94-70)78-40-24-16-8)42-48(47)26-30-52-44-80-64(84-52)68-89-57(73-35-19-11-3)58(90-68)74-36-20-12-4/h41-46H,9-24,33-40H2,1-8H3. The second-order valence-electron chi connectivity index (χ2n) is 20.8. The van der Waals surface area contributed by atoms with Crippen molar-refractivity contribution >= 4 is 282 Å². The van der Waals surface area contributed by atoms with Gasteiger partial charge in [-0.05, 0) is 131 Å². The summed E-state index contributed by atoms with van der Waals surface area (Å²) in [6, 6.07) is 4.39. The summed E-state index contributed by atoms with van der Waals surface area (Å²) < 4.78 is 22.8. The number of benzene rings is 1. The van der Waals surface area contributed by atoms with E-state index in [1.54, 1.807) is 0 Å². The van der Waals surface area contributed by atoms with Crippen LogP contribution in [0.1, 0.15) is 180 Å². The minimum absolute atomic E-state index is 0.880. The average Bonchev–Trinajstić information content (AvgIpc) is 1.55. The van der Waals surface area contributed by atoms with Crippen LogP contribution < -0.4 is 0 Å². The lowest BCUT2D eigenvalue weighted by atomic mass is 9.98. The normalized spacial score (nSPS) is 18.0. The molecule has 8 aliphatic heterocycles. The molecule has 0 spiro atoms. The van der Waals surface area contributed by atoms with Gasteiger partial charge in [0.2, 0.25) is 0 Å². The topological polar surface area (TPSA) is 0 Å². The molecule has 0 radical (unpaired) electrons. The molecule has 0 aliphatic carbocycles. The van der Waals surface area contributed by atoms with Crippen molar-refractivity contribution in [2.75, 3.05) is 46.0 Å². The van der Waals surface area contributed by atoms with E-state index < -0.39 is 0 Å². The Morgan fingerprint density at radius 1 is 0.223 bits per heavy atom. The van der Waals surface area contributed by atoms with E-state index in [0.717, 1.165) is 41.9 Å². The van der Waals surface area contributed by atoms with Crippen LogP contribution in [-0.4, -0.2) is 46.0 Å². The zero-order chi connectivity index (χ0) is 65.7. The molecule has 0 atom stereocenters. The van der Waals surface area contributed by atoms with Crippen molar-refractivity contribution in [1.29, 1.82) is 0 Å². The first-order valence-corrected chi connectivity index (χ1v) is 53.3. The quantitative estimate of drug-likeness (QED) is 0.0496. The summed E-state index contributed by atoms with van der Waals surface area (Å²) in [6.07, 6.45) is 19.7. The van der Waals surface area contributed by atoms with Gasteiger partial charge in [-0.2, -0.15) is 0 Å². The van der Waals surface area contributed by atoms with Crippen molar-refractivity contribution in [3.8, 4) is 47.4 Å². The molecule has 9 rings (SSSR count). The first-order chi connectivity index (χ1) is 46.2. The Balaban J connectivity index is 1.04. The van der Waals surface area contributed by atoms with Crippen LogP contribution in [0.3, 0.4) is 0 Å². The van der Waals surface area contributed by atoms with Gasteiger partial charge in [0.25, 0.3) is 0 Å². The molecular weight excluding hydrogens is 1610 g/mol. The maximum absolute atomic E-state index is 3.72. The van der Waals surface area contributed by atoms with Crippen molar-refractivity contribution in [2.45, 2.75) is 158 Å². The maximum atomic E-state index is 3.72. The van der Waals surface area contributed by atoms with E-state index in [1.165, 1.54) is 217 Å². The van der Waals surface area contributed by atoms with E-state index in [-0.39, 0.29) is 0 Å². The van der Waals surface area contributed by atoms with E-state index >= 15 is 0 Å². The van der Waals surface area contributed by atoms with Crippen LogP contribution in [0.4, 0.5) is 0 Å². The summed E-state index contributed by atoms with van der Waals surface area (Å²) in [5.74, 6) is 39.0. The van der Waals surface area contributed by atoms with Gasteiger partial charge in [0, 0.05) is 22.3 Å². The highest BCUT2D eigenvalue weighted by atomic mass is 32.3. The van der Waals surface area contributed by atoms with Gasteiger partial charge >= 0.3 is 0 Å². The van der Waals surface area contributed by atoms with Gasteiger partial charge in [0.1, 0.15) is 0 Å². The SMILES string of the molecule is CCCCSC1=C(SCCCC)SC(=C2SC=C(C#Cc3cc(C#CC4=CSC(=C5SC(SCCCC)=C(SCCCC)S5)S4)c(C#CC4=CSC(=C5SC(SCCCC)=C(SCCCC)S5)S4)cc3C#CC3=CSC(=C4SC(SCCCC)=C(SCCCC)S4)S3)S2)S1. The second-order valence-corrected chi connectivity index (χ2v) is 49.7. The molecule has 0 saturated heterocycles. The zero-order valence-electron chi connectivity index (χ0n) is 54.2. The molecule has 0 unspecified atom stereocenters. The van der Waals surface area contributed by atoms with Crippen LogP contribution in [-0.2, 0) is 0 Å². The Bertz CT molecular complexity index is 3000. The first kappa shape index (κ1) is 80.8. The zero-order valence-corrected chi connectivity index (χ0v) is 73.8. The average molecular weight is 1690 g/mol. The van der Waals surface area contributed by atoms with Gasteiger partial charge in [-0.3, -0.25) is 0 Å². The molecule has 0 fully saturated rings. The summed E-state index contributed by atoms with van der Waals surface area (Å²) in [6.45, 7) is 18.3. The molecule has 8 aliphatic rings. The van der Waals surface area contributed by atoms with Crippen molar-refractivity contribution in [3.05, 3.63) is 143 Å². The predicted molar refractivity (Wildman–Crippen MR) is 483 cm³/mol. The van der Waals surface area contributed by atoms with Crippen LogP contribution in [0.2, 0.25) is 0 Å². The molecule has 1 aromatic rings. The highest BCUT2D eigenvalue weighted by molar-refractivity contribution is 8.45. The molecule has 24 heteroatoms. The predicted octanol–water partition coefficient (Wildman–Crippen LogP) is 31.6. The summed E-state index contributed by atoms with van der Waals surface area (Å²) in [4.78, 5) is 4.27. The van der Waals surface area contributed by atoms with Crippen molar-refractivity contribution in [3.63, 3.8) is 0 Å². The van der Waals surface area contributed by atoms with Crippen LogP contribution >= 0.6 is 282 Å². The minimum atomic E-state index is 0.880. The van der Waals surface area contributed by atoms with Crippen LogP contribution in [0.25, 0.3) is 0 Å². The Labute approximate surface area is 667 Å². The van der Waals surface area contributed by atoms with E-state index in [2.05, 4.69) is 137 Å². The lowest BCUT2D eigenvalue weighted by molar-refractivity contribution is 0.897. The third-order valence-corrected chi connectivity index (χ3v) is 47.0. The number of hydrogen-bond donors (Lipinski definition) is 0. The first-order valence-electron chi connectivity index (χ1n) is 32.1. The molecule has 1 aromatic carbocycles. The molecule has 0 aromatic heterocycles. The van der Waals surface area contributed by atoms with Gasteiger partial charge in [0.05, 0.1) is 87.4 Å². The van der Waals surface area contributed by atoms with E-state index in [4.69, 9.17) is 0 Å². The Morgan fingerprint density at radius 3 is 0.553 bits per heavy atom. The maximum Gasteiger partial charge on any atom is 0.0717 e. The Kier molecular flexibility index (Phi) is 39.5. The van der Waals surface area contributed by atoms with E-state index in [0.29, 0.717) is 0 Å². The highest BCUT2D eigenvalue weighted by Crippen LogP contribution is 2.67. The number of unbranched alkanes of at least 4 members (excludes halogenated alkanes) is 8. The monoisotopic (exact) mass is 1690 g/mol. The summed E-state index contributed by atoms with van der Waals surface area (Å²) in [7, 11) is 0. The second kappa shape index (κ2) is 46.0.